The van der Waals surface area contributed by atoms with Gasteiger partial charge in [0, 0.05) is 34.5 Å². The number of thioether (sulfide) groups is 1. The third-order valence-electron chi connectivity index (χ3n) is 7.39. The van der Waals surface area contributed by atoms with E-state index in [1.807, 2.05) is 6.92 Å². The first kappa shape index (κ1) is 26.7. The summed E-state index contributed by atoms with van der Waals surface area (Å²) in [5.41, 5.74) is 1.02. The summed E-state index contributed by atoms with van der Waals surface area (Å²) in [5, 5.41) is 31.3. The molecule has 1 aromatic heterocycles. The maximum Gasteiger partial charge on any atom is 0.353 e. The number of aliphatic hydroxyl groups is 1. The van der Waals surface area contributed by atoms with Gasteiger partial charge in [-0.1, -0.05) is 13.0 Å². The molecule has 0 saturated carbocycles. The molecular formula is C24H28N4O8S2. The molecule has 3 aliphatic rings. The Kier molecular flexibility index (Phi) is 6.80. The number of benzene rings is 1. The summed E-state index contributed by atoms with van der Waals surface area (Å²) < 4.78 is 28.6. The molecule has 2 fully saturated rings. The fourth-order valence-electron chi connectivity index (χ4n) is 5.54. The lowest BCUT2D eigenvalue weighted by atomic mass is 9.79. The average molecular weight is 565 g/mol. The van der Waals surface area contributed by atoms with E-state index in [4.69, 9.17) is 9.56 Å². The van der Waals surface area contributed by atoms with E-state index >= 15 is 0 Å². The number of rotatable bonds is 8. The van der Waals surface area contributed by atoms with Crippen LogP contribution in [0.5, 0.6) is 0 Å². The molecule has 4 heterocycles. The van der Waals surface area contributed by atoms with Crippen molar-refractivity contribution in [2.24, 2.45) is 17.0 Å². The van der Waals surface area contributed by atoms with Crippen LogP contribution in [0.2, 0.25) is 0 Å². The van der Waals surface area contributed by atoms with Gasteiger partial charge in [-0.3, -0.25) is 9.59 Å². The highest BCUT2D eigenvalue weighted by atomic mass is 32.2. The molecule has 0 spiro atoms. The van der Waals surface area contributed by atoms with Crippen molar-refractivity contribution >= 4 is 50.5 Å². The minimum absolute atomic E-state index is 0.0267. The molecule has 5 rings (SSSR count). The molecule has 2 aromatic rings. The lowest BCUT2D eigenvalue weighted by Crippen LogP contribution is -2.63. The number of β-lactam (4-membered cyclic amide) rings is 1. The Morgan fingerprint density at radius 2 is 2.11 bits per heavy atom. The maximum atomic E-state index is 12.8. The summed E-state index contributed by atoms with van der Waals surface area (Å²) in [4.78, 5) is 39.2. The van der Waals surface area contributed by atoms with Gasteiger partial charge in [-0.25, -0.2) is 18.4 Å². The molecule has 2 saturated heterocycles. The minimum Gasteiger partial charge on any atom is -0.477 e. The lowest BCUT2D eigenvalue weighted by Gasteiger charge is -2.46. The van der Waals surface area contributed by atoms with Crippen molar-refractivity contribution in [3.05, 3.63) is 40.6 Å². The highest BCUT2D eigenvalue weighted by Gasteiger charge is 2.60. The number of hydrogen-bond donors (Lipinski definition) is 5. The van der Waals surface area contributed by atoms with E-state index in [1.165, 1.54) is 23.6 Å². The second-order valence-electron chi connectivity index (χ2n) is 9.90. The Hall–Kier alpha value is -2.91. The van der Waals surface area contributed by atoms with Crippen molar-refractivity contribution in [1.29, 1.82) is 0 Å². The van der Waals surface area contributed by atoms with E-state index < -0.39 is 34.1 Å². The number of aliphatic hydroxyl groups excluding tert-OH is 1. The van der Waals surface area contributed by atoms with Crippen LogP contribution in [-0.2, 0) is 31.0 Å². The molecule has 14 heteroatoms. The van der Waals surface area contributed by atoms with Crippen LogP contribution in [0.15, 0.2) is 44.4 Å². The Morgan fingerprint density at radius 1 is 1.37 bits per heavy atom. The Morgan fingerprint density at radius 3 is 2.76 bits per heavy atom. The molecule has 0 radical (unpaired) electrons. The van der Waals surface area contributed by atoms with E-state index in [9.17, 15) is 33.0 Å². The SMILES string of the molecule is C[C@@H](O)[C@H]1C(=O)N2C(C(=O)O)=C(S[C@@H]3CN[C@H](C(=O)NCc4ccc5c(S(N)(=O)=O)coc5c4)C3)[C@H](C)[C@H]12. The van der Waals surface area contributed by atoms with Crippen LogP contribution in [0.1, 0.15) is 25.8 Å². The van der Waals surface area contributed by atoms with Crippen LogP contribution < -0.4 is 15.8 Å². The highest BCUT2D eigenvalue weighted by Crippen LogP contribution is 2.51. The van der Waals surface area contributed by atoms with Gasteiger partial charge in [0.1, 0.15) is 22.4 Å². The van der Waals surface area contributed by atoms with Crippen molar-refractivity contribution in [1.82, 2.24) is 15.5 Å². The highest BCUT2D eigenvalue weighted by molar-refractivity contribution is 8.03. The Bertz CT molecular complexity index is 1470. The molecule has 0 bridgehead atoms. The molecule has 6 atom stereocenters. The number of carbonyl (C=O) groups excluding carboxylic acids is 2. The quantitative estimate of drug-likeness (QED) is 0.279. The monoisotopic (exact) mass is 564 g/mol. The number of carboxylic acid groups (broad SMARTS) is 1. The predicted octanol–water partition coefficient (Wildman–Crippen LogP) is 0.314. The summed E-state index contributed by atoms with van der Waals surface area (Å²) >= 11 is 1.37. The van der Waals surface area contributed by atoms with E-state index in [0.717, 1.165) is 6.26 Å². The smallest absolute Gasteiger partial charge is 0.353 e. The number of fused-ring (bicyclic) bond motifs is 2. The van der Waals surface area contributed by atoms with Crippen LogP contribution in [0.3, 0.4) is 0 Å². The average Bonchev–Trinajstić information content (AvgIpc) is 3.53. The first-order valence-electron chi connectivity index (χ1n) is 12.1. The molecule has 0 unspecified atom stereocenters. The lowest BCUT2D eigenvalue weighted by molar-refractivity contribution is -0.163. The van der Waals surface area contributed by atoms with E-state index in [0.29, 0.717) is 34.4 Å². The first-order valence-corrected chi connectivity index (χ1v) is 14.5. The van der Waals surface area contributed by atoms with E-state index in [2.05, 4.69) is 10.6 Å². The summed E-state index contributed by atoms with van der Waals surface area (Å²) in [7, 11) is -3.91. The number of nitrogens with two attached hydrogens (primary N) is 1. The van der Waals surface area contributed by atoms with E-state index in [-0.39, 0.29) is 46.2 Å². The number of furan rings is 1. The van der Waals surface area contributed by atoms with Crippen LogP contribution in [0.4, 0.5) is 0 Å². The molecule has 204 valence electrons. The second kappa shape index (κ2) is 9.68. The number of carbonyl (C=O) groups is 3. The van der Waals surface area contributed by atoms with Crippen LogP contribution >= 0.6 is 11.8 Å². The Balaban J connectivity index is 1.21. The van der Waals surface area contributed by atoms with Gasteiger partial charge in [0.25, 0.3) is 0 Å². The third kappa shape index (κ3) is 4.49. The van der Waals surface area contributed by atoms with Gasteiger partial charge in [0.05, 0.1) is 24.1 Å². The Labute approximate surface area is 222 Å². The summed E-state index contributed by atoms with van der Waals surface area (Å²) in [5.74, 6) is -2.63. The number of aliphatic carboxylic acids is 1. The molecule has 0 aliphatic carbocycles. The number of primary sulfonamides is 1. The number of nitrogens with one attached hydrogen (secondary N) is 2. The topological polar surface area (TPSA) is 192 Å². The molecule has 2 amide bonds. The van der Waals surface area contributed by atoms with Crippen LogP contribution in [-0.4, -0.2) is 71.3 Å². The van der Waals surface area contributed by atoms with Crippen molar-refractivity contribution < 1.29 is 37.4 Å². The van der Waals surface area contributed by atoms with Gasteiger partial charge in [-0.2, -0.15) is 0 Å². The summed E-state index contributed by atoms with van der Waals surface area (Å²) in [6.45, 7) is 4.09. The van der Waals surface area contributed by atoms with Gasteiger partial charge < -0.3 is 30.2 Å². The number of carboxylic acids is 1. The molecular weight excluding hydrogens is 536 g/mol. The fraction of sp³-hybridized carbons (Fsp3) is 0.458. The van der Waals surface area contributed by atoms with Gasteiger partial charge in [-0.15, -0.1) is 11.8 Å². The molecule has 12 nitrogen and oxygen atoms in total. The van der Waals surface area contributed by atoms with Gasteiger partial charge in [0.2, 0.25) is 21.8 Å². The van der Waals surface area contributed by atoms with Crippen LogP contribution in [0, 0.1) is 11.8 Å². The van der Waals surface area contributed by atoms with Gasteiger partial charge in [-0.05, 0) is 31.0 Å². The number of nitrogens with zero attached hydrogens (tertiary/aromatic N) is 1. The number of hydrogen-bond acceptors (Lipinski definition) is 9. The zero-order valence-electron chi connectivity index (χ0n) is 20.6. The zero-order chi connectivity index (χ0) is 27.5. The second-order valence-corrected chi connectivity index (χ2v) is 12.8. The number of amides is 2. The minimum atomic E-state index is -3.91. The molecule has 38 heavy (non-hydrogen) atoms. The molecule has 3 aliphatic heterocycles. The summed E-state index contributed by atoms with van der Waals surface area (Å²) in [6.07, 6.45) is 0.686. The van der Waals surface area contributed by atoms with Crippen molar-refractivity contribution in [2.75, 3.05) is 6.54 Å². The standard InChI is InChI=1S/C24H28N4O8S2/c1-10-19-18(11(2)29)23(31)28(19)20(24(32)33)21(10)37-13-6-15(26-8-13)22(30)27-7-12-3-4-14-16(5-12)36-9-17(14)38(25,34)35/h3-5,9-11,13,15,18-19,26,29H,6-8H2,1-2H3,(H,27,30)(H,32,33)(H2,25,34,35)/t10-,11-,13+,15+,18-,19-/m1/s1. The van der Waals surface area contributed by atoms with E-state index in [1.54, 1.807) is 18.2 Å². The van der Waals surface area contributed by atoms with Gasteiger partial charge in [0.15, 0.2) is 0 Å². The predicted molar refractivity (Wildman–Crippen MR) is 137 cm³/mol. The molecule has 6 N–H and O–H groups in total. The maximum absolute atomic E-state index is 12.8. The van der Waals surface area contributed by atoms with Crippen LogP contribution in [0.25, 0.3) is 11.0 Å². The van der Waals surface area contributed by atoms with Crippen molar-refractivity contribution in [2.45, 2.75) is 55.1 Å². The fourth-order valence-corrected chi connectivity index (χ4v) is 7.68. The molecule has 1 aromatic carbocycles. The zero-order valence-corrected chi connectivity index (χ0v) is 22.2. The first-order chi connectivity index (χ1) is 17.9. The van der Waals surface area contributed by atoms with Crippen molar-refractivity contribution in [3.63, 3.8) is 0 Å². The van der Waals surface area contributed by atoms with Gasteiger partial charge >= 0.3 is 5.97 Å². The van der Waals surface area contributed by atoms with Crippen molar-refractivity contribution in [3.8, 4) is 0 Å². The summed E-state index contributed by atoms with van der Waals surface area (Å²) in [6, 6.07) is 4.03. The number of sulfonamides is 1. The largest absolute Gasteiger partial charge is 0.477 e. The normalized spacial score (nSPS) is 27.9. The third-order valence-corrected chi connectivity index (χ3v) is 9.83.